The van der Waals surface area contributed by atoms with Crippen LogP contribution >= 0.6 is 24.0 Å². The van der Waals surface area contributed by atoms with E-state index in [9.17, 15) is 13.2 Å². The number of nitrogens with zero attached hydrogens (tertiary/aromatic N) is 2. The molecule has 1 atom stereocenters. The Morgan fingerprint density at radius 3 is 2.81 bits per heavy atom. The fraction of sp³-hybridized carbons (Fsp3) is 0.588. The number of benzene rings is 1. The lowest BCUT2D eigenvalue weighted by Gasteiger charge is -2.19. The monoisotopic (exact) mass is 500 g/mol. The van der Waals surface area contributed by atoms with Gasteiger partial charge in [-0.3, -0.25) is 4.90 Å². The van der Waals surface area contributed by atoms with Gasteiger partial charge in [-0.1, -0.05) is 6.07 Å². The van der Waals surface area contributed by atoms with Crippen LogP contribution in [0.25, 0.3) is 0 Å². The fourth-order valence-electron chi connectivity index (χ4n) is 3.07. The number of hydrogen-bond donors (Lipinski definition) is 2. The van der Waals surface area contributed by atoms with Crippen LogP contribution in [0.3, 0.4) is 0 Å². The van der Waals surface area contributed by atoms with E-state index in [1.165, 1.54) is 4.90 Å². The van der Waals surface area contributed by atoms with E-state index in [0.717, 1.165) is 11.3 Å². The van der Waals surface area contributed by atoms with Crippen LogP contribution in [0.1, 0.15) is 18.9 Å². The number of rotatable bonds is 5. The third kappa shape index (κ3) is 6.59. The smallest absolute Gasteiger partial charge is 0.401 e. The van der Waals surface area contributed by atoms with Crippen LogP contribution in [0, 0.1) is 0 Å². The minimum absolute atomic E-state index is 0. The van der Waals surface area contributed by atoms with Crippen molar-refractivity contribution in [1.82, 2.24) is 15.5 Å². The molecule has 6 nitrogen and oxygen atoms in total. The van der Waals surface area contributed by atoms with Crippen LogP contribution in [-0.2, 0) is 6.54 Å². The van der Waals surface area contributed by atoms with E-state index in [1.807, 2.05) is 25.1 Å². The van der Waals surface area contributed by atoms with Crippen molar-refractivity contribution >= 4 is 29.9 Å². The fourth-order valence-corrected chi connectivity index (χ4v) is 3.07. The van der Waals surface area contributed by atoms with E-state index in [2.05, 4.69) is 15.6 Å². The Labute approximate surface area is 173 Å². The molecule has 1 unspecified atom stereocenters. The van der Waals surface area contributed by atoms with Gasteiger partial charge in [0.1, 0.15) is 0 Å². The molecule has 27 heavy (non-hydrogen) atoms. The molecule has 0 spiro atoms. The van der Waals surface area contributed by atoms with E-state index >= 15 is 0 Å². The standard InChI is InChI=1S/C17H23F3N4O2.HI/c1-2-21-16(23-13-5-6-24(9-13)10-17(18,19)20)22-8-12-3-4-14-15(7-12)26-11-25-14;/h3-4,7,13H,2,5-6,8-11H2,1H3,(H2,21,22,23);1H. The van der Waals surface area contributed by atoms with Crippen molar-refractivity contribution in [2.75, 3.05) is 33.0 Å². The van der Waals surface area contributed by atoms with Crippen molar-refractivity contribution in [3.63, 3.8) is 0 Å². The molecule has 1 aromatic rings. The number of hydrogen-bond acceptors (Lipinski definition) is 4. The minimum atomic E-state index is -4.16. The van der Waals surface area contributed by atoms with Gasteiger partial charge in [0.2, 0.25) is 6.79 Å². The predicted molar refractivity (Wildman–Crippen MR) is 107 cm³/mol. The van der Waals surface area contributed by atoms with Gasteiger partial charge in [-0.25, -0.2) is 4.99 Å². The van der Waals surface area contributed by atoms with Gasteiger partial charge in [-0.2, -0.15) is 13.2 Å². The topological polar surface area (TPSA) is 58.1 Å². The SMILES string of the molecule is CCNC(=NCc1ccc2c(c1)OCO2)NC1CCN(CC(F)(F)F)C1.I. The first kappa shape index (κ1) is 21.9. The first-order chi connectivity index (χ1) is 12.4. The highest BCUT2D eigenvalue weighted by Gasteiger charge is 2.34. The van der Waals surface area contributed by atoms with Crippen molar-refractivity contribution in [2.24, 2.45) is 4.99 Å². The van der Waals surface area contributed by atoms with E-state index < -0.39 is 12.7 Å². The van der Waals surface area contributed by atoms with Crippen molar-refractivity contribution in [3.05, 3.63) is 23.8 Å². The molecule has 1 fully saturated rings. The lowest BCUT2D eigenvalue weighted by atomic mass is 10.2. The van der Waals surface area contributed by atoms with Gasteiger partial charge >= 0.3 is 6.18 Å². The highest BCUT2D eigenvalue weighted by molar-refractivity contribution is 14.0. The van der Waals surface area contributed by atoms with E-state index in [0.29, 0.717) is 44.3 Å². The lowest BCUT2D eigenvalue weighted by molar-refractivity contribution is -0.143. The summed E-state index contributed by atoms with van der Waals surface area (Å²) in [7, 11) is 0. The molecule has 0 aromatic heterocycles. The molecule has 0 aliphatic carbocycles. The van der Waals surface area contributed by atoms with Crippen LogP contribution in [0.2, 0.25) is 0 Å². The summed E-state index contributed by atoms with van der Waals surface area (Å²) in [6.45, 7) is 3.20. The van der Waals surface area contributed by atoms with Crippen molar-refractivity contribution in [3.8, 4) is 11.5 Å². The largest absolute Gasteiger partial charge is 0.454 e. The zero-order chi connectivity index (χ0) is 18.6. The lowest BCUT2D eigenvalue weighted by Crippen LogP contribution is -2.45. The van der Waals surface area contributed by atoms with Crippen LogP contribution in [0.15, 0.2) is 23.2 Å². The highest BCUT2D eigenvalue weighted by Crippen LogP contribution is 2.32. The number of alkyl halides is 3. The molecule has 0 bridgehead atoms. The molecular formula is C17H24F3IN4O2. The molecule has 3 rings (SSSR count). The maximum Gasteiger partial charge on any atom is 0.401 e. The Kier molecular flexibility index (Phi) is 7.83. The van der Waals surface area contributed by atoms with Crippen LogP contribution < -0.4 is 20.1 Å². The average molecular weight is 500 g/mol. The molecule has 0 amide bonds. The van der Waals surface area contributed by atoms with Gasteiger partial charge in [0, 0.05) is 25.7 Å². The second-order valence-electron chi connectivity index (χ2n) is 6.36. The van der Waals surface area contributed by atoms with Gasteiger partial charge in [-0.15, -0.1) is 24.0 Å². The quantitative estimate of drug-likeness (QED) is 0.370. The minimum Gasteiger partial charge on any atom is -0.454 e. The number of halogens is 4. The van der Waals surface area contributed by atoms with Gasteiger partial charge in [-0.05, 0) is 31.0 Å². The first-order valence-corrected chi connectivity index (χ1v) is 8.65. The van der Waals surface area contributed by atoms with Crippen LogP contribution in [0.4, 0.5) is 13.2 Å². The highest BCUT2D eigenvalue weighted by atomic mass is 127. The zero-order valence-electron chi connectivity index (χ0n) is 15.0. The molecule has 10 heteroatoms. The summed E-state index contributed by atoms with van der Waals surface area (Å²) >= 11 is 0. The van der Waals surface area contributed by atoms with Crippen molar-refractivity contribution in [1.29, 1.82) is 0 Å². The Morgan fingerprint density at radius 2 is 2.07 bits per heavy atom. The van der Waals surface area contributed by atoms with Crippen molar-refractivity contribution in [2.45, 2.75) is 32.1 Å². The summed E-state index contributed by atoms with van der Waals surface area (Å²) < 4.78 is 48.1. The van der Waals surface area contributed by atoms with Gasteiger partial charge in [0.15, 0.2) is 17.5 Å². The molecule has 1 aromatic carbocycles. The van der Waals surface area contributed by atoms with E-state index in [-0.39, 0.29) is 36.8 Å². The normalized spacial score (nSPS) is 19.7. The van der Waals surface area contributed by atoms with Gasteiger partial charge in [0.05, 0.1) is 13.1 Å². The molecule has 1 saturated heterocycles. The number of aliphatic imine (C=N–C) groups is 1. The number of fused-ring (bicyclic) bond motifs is 1. The summed E-state index contributed by atoms with van der Waals surface area (Å²) in [5, 5.41) is 6.37. The van der Waals surface area contributed by atoms with Gasteiger partial charge < -0.3 is 20.1 Å². The molecule has 152 valence electrons. The number of ether oxygens (including phenoxy) is 2. The maximum atomic E-state index is 12.5. The van der Waals surface area contributed by atoms with E-state index in [4.69, 9.17) is 9.47 Å². The van der Waals surface area contributed by atoms with Crippen LogP contribution in [0.5, 0.6) is 11.5 Å². The summed E-state index contributed by atoms with van der Waals surface area (Å²) in [5.41, 5.74) is 0.969. The molecule has 0 saturated carbocycles. The summed E-state index contributed by atoms with van der Waals surface area (Å²) in [4.78, 5) is 5.95. The van der Waals surface area contributed by atoms with Crippen LogP contribution in [-0.4, -0.2) is 56.0 Å². The first-order valence-electron chi connectivity index (χ1n) is 8.65. The Balaban J connectivity index is 0.00000261. The number of guanidine groups is 1. The Hall–Kier alpha value is -1.43. The van der Waals surface area contributed by atoms with Crippen molar-refractivity contribution < 1.29 is 22.6 Å². The third-order valence-corrected chi connectivity index (χ3v) is 4.22. The molecule has 2 heterocycles. The zero-order valence-corrected chi connectivity index (χ0v) is 17.3. The maximum absolute atomic E-state index is 12.5. The number of likely N-dealkylation sites (tertiary alicyclic amines) is 1. The second-order valence-corrected chi connectivity index (χ2v) is 6.36. The molecule has 2 N–H and O–H groups in total. The summed E-state index contributed by atoms with van der Waals surface area (Å²) in [6, 6.07) is 5.60. The summed E-state index contributed by atoms with van der Waals surface area (Å²) in [5.74, 6) is 2.02. The molecule has 2 aliphatic heterocycles. The summed E-state index contributed by atoms with van der Waals surface area (Å²) in [6.07, 6.45) is -3.50. The molecular weight excluding hydrogens is 476 g/mol. The molecule has 2 aliphatic rings. The Morgan fingerprint density at radius 1 is 1.30 bits per heavy atom. The third-order valence-electron chi connectivity index (χ3n) is 4.22. The van der Waals surface area contributed by atoms with Gasteiger partial charge in [0.25, 0.3) is 0 Å². The average Bonchev–Trinajstić information content (AvgIpc) is 3.20. The molecule has 0 radical (unpaired) electrons. The predicted octanol–water partition coefficient (Wildman–Crippen LogP) is 2.73. The van der Waals surface area contributed by atoms with E-state index in [1.54, 1.807) is 0 Å². The number of nitrogens with one attached hydrogen (secondary N) is 2. The Bertz CT molecular complexity index is 658. The second kappa shape index (κ2) is 9.67.